The molecular formula is C14H22N2O. The highest BCUT2D eigenvalue weighted by Gasteiger charge is 2.20. The van der Waals surface area contributed by atoms with Crippen molar-refractivity contribution in [3.8, 4) is 0 Å². The van der Waals surface area contributed by atoms with Crippen molar-refractivity contribution in [3.63, 3.8) is 0 Å². The van der Waals surface area contributed by atoms with Gasteiger partial charge in [0.25, 0.3) is 0 Å². The van der Waals surface area contributed by atoms with Crippen molar-refractivity contribution in [1.29, 1.82) is 0 Å². The number of hydrogen-bond acceptors (Lipinski definition) is 3. The van der Waals surface area contributed by atoms with E-state index in [0.717, 1.165) is 13.1 Å². The van der Waals surface area contributed by atoms with Crippen LogP contribution in [0.3, 0.4) is 0 Å². The van der Waals surface area contributed by atoms with E-state index in [1.54, 1.807) is 0 Å². The summed E-state index contributed by atoms with van der Waals surface area (Å²) in [7, 11) is 2.16. The zero-order chi connectivity index (χ0) is 12.1. The van der Waals surface area contributed by atoms with Crippen LogP contribution >= 0.6 is 0 Å². The fourth-order valence-corrected chi connectivity index (χ4v) is 2.40. The van der Waals surface area contributed by atoms with E-state index < -0.39 is 0 Å². The molecule has 1 aromatic carbocycles. The molecule has 1 aliphatic heterocycles. The van der Waals surface area contributed by atoms with Gasteiger partial charge in [0.1, 0.15) is 0 Å². The highest BCUT2D eigenvalue weighted by molar-refractivity contribution is 5.19. The zero-order valence-electron chi connectivity index (χ0n) is 10.5. The molecule has 1 saturated heterocycles. The Kier molecular flexibility index (Phi) is 4.54. The SMILES string of the molecule is CN1CCC(NC(CO)c2ccccc2)CC1. The third kappa shape index (κ3) is 3.53. The van der Waals surface area contributed by atoms with Gasteiger partial charge in [0.05, 0.1) is 12.6 Å². The molecule has 0 aromatic heterocycles. The molecule has 1 unspecified atom stereocenters. The van der Waals surface area contributed by atoms with Crippen LogP contribution in [0.2, 0.25) is 0 Å². The Hall–Kier alpha value is -0.900. The Morgan fingerprint density at radius 1 is 1.29 bits per heavy atom. The minimum absolute atomic E-state index is 0.0737. The van der Waals surface area contributed by atoms with Gasteiger partial charge in [-0.05, 0) is 38.5 Å². The molecule has 1 heterocycles. The van der Waals surface area contributed by atoms with Gasteiger partial charge in [0.15, 0.2) is 0 Å². The van der Waals surface area contributed by atoms with E-state index in [4.69, 9.17) is 0 Å². The number of aliphatic hydroxyl groups excluding tert-OH is 1. The fraction of sp³-hybridized carbons (Fsp3) is 0.571. The van der Waals surface area contributed by atoms with Crippen LogP contribution in [0.15, 0.2) is 30.3 Å². The summed E-state index contributed by atoms with van der Waals surface area (Å²) < 4.78 is 0. The number of piperidine rings is 1. The van der Waals surface area contributed by atoms with Gasteiger partial charge in [0, 0.05) is 6.04 Å². The molecule has 3 nitrogen and oxygen atoms in total. The monoisotopic (exact) mass is 234 g/mol. The van der Waals surface area contributed by atoms with E-state index in [2.05, 4.69) is 29.4 Å². The van der Waals surface area contributed by atoms with Crippen LogP contribution < -0.4 is 5.32 Å². The summed E-state index contributed by atoms with van der Waals surface area (Å²) >= 11 is 0. The van der Waals surface area contributed by atoms with Crippen LogP contribution in [0.5, 0.6) is 0 Å². The second-order valence-corrected chi connectivity index (χ2v) is 4.89. The van der Waals surface area contributed by atoms with Crippen molar-refractivity contribution >= 4 is 0 Å². The lowest BCUT2D eigenvalue weighted by molar-refractivity contribution is 0.191. The summed E-state index contributed by atoms with van der Waals surface area (Å²) in [6.07, 6.45) is 2.33. The van der Waals surface area contributed by atoms with E-state index in [0.29, 0.717) is 6.04 Å². The van der Waals surface area contributed by atoms with E-state index >= 15 is 0 Å². The number of aliphatic hydroxyl groups is 1. The maximum atomic E-state index is 9.49. The summed E-state index contributed by atoms with van der Waals surface area (Å²) in [4.78, 5) is 2.36. The highest BCUT2D eigenvalue weighted by Crippen LogP contribution is 2.16. The summed E-state index contributed by atoms with van der Waals surface area (Å²) in [6, 6.07) is 10.8. The van der Waals surface area contributed by atoms with Gasteiger partial charge in [-0.2, -0.15) is 0 Å². The number of likely N-dealkylation sites (tertiary alicyclic amines) is 1. The van der Waals surface area contributed by atoms with Crippen molar-refractivity contribution in [2.24, 2.45) is 0 Å². The Balaban J connectivity index is 1.92. The maximum absolute atomic E-state index is 9.49. The van der Waals surface area contributed by atoms with Gasteiger partial charge in [-0.25, -0.2) is 0 Å². The zero-order valence-corrected chi connectivity index (χ0v) is 10.5. The van der Waals surface area contributed by atoms with Gasteiger partial charge >= 0.3 is 0 Å². The van der Waals surface area contributed by atoms with Crippen molar-refractivity contribution in [2.45, 2.75) is 24.9 Å². The molecule has 0 bridgehead atoms. The number of benzene rings is 1. The smallest absolute Gasteiger partial charge is 0.0626 e. The molecular weight excluding hydrogens is 212 g/mol. The Morgan fingerprint density at radius 2 is 1.94 bits per heavy atom. The van der Waals surface area contributed by atoms with Crippen LogP contribution in [0.25, 0.3) is 0 Å². The van der Waals surface area contributed by atoms with Crippen molar-refractivity contribution < 1.29 is 5.11 Å². The lowest BCUT2D eigenvalue weighted by atomic mass is 10.0. The Labute approximate surface area is 103 Å². The van der Waals surface area contributed by atoms with Crippen LogP contribution in [-0.2, 0) is 0 Å². The Bertz CT molecular complexity index is 320. The molecule has 1 atom stereocenters. The first-order valence-electron chi connectivity index (χ1n) is 6.40. The lowest BCUT2D eigenvalue weighted by Gasteiger charge is -2.32. The lowest BCUT2D eigenvalue weighted by Crippen LogP contribution is -2.43. The minimum Gasteiger partial charge on any atom is -0.394 e. The van der Waals surface area contributed by atoms with Crippen LogP contribution in [0.1, 0.15) is 24.4 Å². The van der Waals surface area contributed by atoms with E-state index in [-0.39, 0.29) is 12.6 Å². The molecule has 17 heavy (non-hydrogen) atoms. The summed E-state index contributed by atoms with van der Waals surface area (Å²) in [5.41, 5.74) is 1.17. The van der Waals surface area contributed by atoms with Gasteiger partial charge < -0.3 is 15.3 Å². The predicted molar refractivity (Wildman–Crippen MR) is 69.9 cm³/mol. The van der Waals surface area contributed by atoms with Crippen molar-refractivity contribution in [1.82, 2.24) is 10.2 Å². The first kappa shape index (κ1) is 12.6. The van der Waals surface area contributed by atoms with E-state index in [1.807, 2.05) is 18.2 Å². The van der Waals surface area contributed by atoms with Crippen molar-refractivity contribution in [3.05, 3.63) is 35.9 Å². The van der Waals surface area contributed by atoms with Gasteiger partial charge in [-0.15, -0.1) is 0 Å². The average molecular weight is 234 g/mol. The second kappa shape index (κ2) is 6.15. The molecule has 1 fully saturated rings. The average Bonchev–Trinajstić information content (AvgIpc) is 2.39. The number of nitrogens with zero attached hydrogens (tertiary/aromatic N) is 1. The molecule has 2 N–H and O–H groups in total. The topological polar surface area (TPSA) is 35.5 Å². The first-order valence-corrected chi connectivity index (χ1v) is 6.40. The summed E-state index contributed by atoms with van der Waals surface area (Å²) in [6.45, 7) is 2.45. The highest BCUT2D eigenvalue weighted by atomic mass is 16.3. The fourth-order valence-electron chi connectivity index (χ4n) is 2.40. The maximum Gasteiger partial charge on any atom is 0.0626 e. The number of nitrogens with one attached hydrogen (secondary N) is 1. The van der Waals surface area contributed by atoms with E-state index in [9.17, 15) is 5.11 Å². The molecule has 1 aromatic rings. The first-order chi connectivity index (χ1) is 8.29. The number of rotatable bonds is 4. The van der Waals surface area contributed by atoms with Gasteiger partial charge in [-0.1, -0.05) is 30.3 Å². The molecule has 94 valence electrons. The third-order valence-electron chi connectivity index (χ3n) is 3.54. The van der Waals surface area contributed by atoms with Gasteiger partial charge in [0.2, 0.25) is 0 Å². The minimum atomic E-state index is 0.0737. The van der Waals surface area contributed by atoms with E-state index in [1.165, 1.54) is 18.4 Å². The summed E-state index contributed by atoms with van der Waals surface area (Å²) in [5, 5.41) is 13.1. The normalized spacial score (nSPS) is 20.4. The molecule has 0 amide bonds. The molecule has 0 radical (unpaired) electrons. The van der Waals surface area contributed by atoms with Gasteiger partial charge in [-0.3, -0.25) is 0 Å². The molecule has 3 heteroatoms. The largest absolute Gasteiger partial charge is 0.394 e. The van der Waals surface area contributed by atoms with Crippen LogP contribution in [0, 0.1) is 0 Å². The van der Waals surface area contributed by atoms with Crippen LogP contribution in [0.4, 0.5) is 0 Å². The third-order valence-corrected chi connectivity index (χ3v) is 3.54. The molecule has 2 rings (SSSR count). The second-order valence-electron chi connectivity index (χ2n) is 4.89. The predicted octanol–water partition coefficient (Wildman–Crippen LogP) is 1.40. The molecule has 0 aliphatic carbocycles. The molecule has 0 saturated carbocycles. The Morgan fingerprint density at radius 3 is 2.53 bits per heavy atom. The summed E-state index contributed by atoms with van der Waals surface area (Å²) in [5.74, 6) is 0. The standard InChI is InChI=1S/C14H22N2O/c1-16-9-7-13(8-10-16)15-14(11-17)12-5-3-2-4-6-12/h2-6,13-15,17H,7-11H2,1H3. The van der Waals surface area contributed by atoms with Crippen LogP contribution in [-0.4, -0.2) is 42.8 Å². The molecule has 0 spiro atoms. The molecule has 1 aliphatic rings. The number of hydrogen-bond donors (Lipinski definition) is 2. The van der Waals surface area contributed by atoms with Crippen molar-refractivity contribution in [2.75, 3.05) is 26.7 Å². The quantitative estimate of drug-likeness (QED) is 0.826.